The van der Waals surface area contributed by atoms with Crippen LogP contribution in [0.25, 0.3) is 21.3 Å². The van der Waals surface area contributed by atoms with Crippen LogP contribution in [-0.4, -0.2) is 20.4 Å². The second kappa shape index (κ2) is 8.01. The third-order valence-corrected chi connectivity index (χ3v) is 6.25. The van der Waals surface area contributed by atoms with E-state index in [9.17, 15) is 9.59 Å². The third-order valence-electron chi connectivity index (χ3n) is 5.32. The van der Waals surface area contributed by atoms with Crippen molar-refractivity contribution in [1.82, 2.24) is 14.5 Å². The molecule has 0 spiro atoms. The van der Waals surface area contributed by atoms with Crippen LogP contribution in [0.5, 0.6) is 0 Å². The first kappa shape index (κ1) is 20.1. The molecule has 5 rings (SSSR count). The van der Waals surface area contributed by atoms with Gasteiger partial charge in [-0.3, -0.25) is 19.5 Å². The second-order valence-electron chi connectivity index (χ2n) is 7.80. The van der Waals surface area contributed by atoms with Gasteiger partial charge in [-0.1, -0.05) is 47.2 Å². The first-order valence-electron chi connectivity index (χ1n) is 10.2. The van der Waals surface area contributed by atoms with E-state index < -0.39 is 5.91 Å². The summed E-state index contributed by atoms with van der Waals surface area (Å²) in [5.74, 6) is -0.478. The summed E-state index contributed by atoms with van der Waals surface area (Å²) >= 11 is 1.39. The van der Waals surface area contributed by atoms with Gasteiger partial charge in [0.05, 0.1) is 16.8 Å². The number of fused-ring (bicyclic) bond motifs is 2. The minimum absolute atomic E-state index is 0.0630. The standard InChI is InChI=1S/C25H20N4O2S/c1-15-5-8-17(9-6-15)14-29-22-18(4-3-11-26-22)13-19(24(29)31)23(30)28-25-27-20-10-7-16(2)12-21(20)32-25/h3-13H,14H2,1-2H3,(H,27,28,30). The Morgan fingerprint density at radius 3 is 2.62 bits per heavy atom. The van der Waals surface area contributed by atoms with Gasteiger partial charge >= 0.3 is 0 Å². The van der Waals surface area contributed by atoms with Crippen molar-refractivity contribution in [3.8, 4) is 0 Å². The Bertz CT molecular complexity index is 1530. The lowest BCUT2D eigenvalue weighted by atomic mass is 10.1. The van der Waals surface area contributed by atoms with Gasteiger partial charge in [-0.25, -0.2) is 9.97 Å². The number of aromatic nitrogens is 3. The number of aryl methyl sites for hydroxylation is 2. The number of nitrogens with one attached hydrogen (secondary N) is 1. The van der Waals surface area contributed by atoms with Crippen molar-refractivity contribution >= 4 is 43.6 Å². The molecule has 0 saturated heterocycles. The number of carbonyl (C=O) groups excluding carboxylic acids is 1. The Morgan fingerprint density at radius 1 is 1.03 bits per heavy atom. The van der Waals surface area contributed by atoms with Crippen LogP contribution in [-0.2, 0) is 6.54 Å². The number of hydrogen-bond donors (Lipinski definition) is 1. The monoisotopic (exact) mass is 440 g/mol. The van der Waals surface area contributed by atoms with E-state index in [4.69, 9.17) is 0 Å². The Balaban J connectivity index is 1.55. The molecular weight excluding hydrogens is 420 g/mol. The Labute approximate surface area is 188 Å². The minimum atomic E-state index is -0.478. The van der Waals surface area contributed by atoms with Crippen LogP contribution in [0.1, 0.15) is 27.0 Å². The zero-order valence-electron chi connectivity index (χ0n) is 17.6. The lowest BCUT2D eigenvalue weighted by molar-refractivity contribution is 0.102. The Morgan fingerprint density at radius 2 is 1.81 bits per heavy atom. The lowest BCUT2D eigenvalue weighted by Gasteiger charge is -2.12. The maximum Gasteiger partial charge on any atom is 0.265 e. The number of thiazole rings is 1. The predicted molar refractivity (Wildman–Crippen MR) is 129 cm³/mol. The Hall–Kier alpha value is -3.84. The zero-order chi connectivity index (χ0) is 22.2. The van der Waals surface area contributed by atoms with Gasteiger partial charge in [-0.2, -0.15) is 0 Å². The fourth-order valence-corrected chi connectivity index (χ4v) is 4.60. The van der Waals surface area contributed by atoms with Crippen molar-refractivity contribution in [1.29, 1.82) is 0 Å². The van der Waals surface area contributed by atoms with E-state index in [0.29, 0.717) is 17.3 Å². The smallest absolute Gasteiger partial charge is 0.265 e. The van der Waals surface area contributed by atoms with Crippen LogP contribution in [0.4, 0.5) is 5.13 Å². The molecule has 0 fully saturated rings. The molecule has 1 N–H and O–H groups in total. The molecule has 158 valence electrons. The maximum absolute atomic E-state index is 13.3. The van der Waals surface area contributed by atoms with Crippen LogP contribution in [0.15, 0.2) is 71.7 Å². The van der Waals surface area contributed by atoms with Crippen LogP contribution in [0.2, 0.25) is 0 Å². The van der Waals surface area contributed by atoms with Crippen molar-refractivity contribution < 1.29 is 4.79 Å². The van der Waals surface area contributed by atoms with Crippen LogP contribution < -0.4 is 10.9 Å². The van der Waals surface area contributed by atoms with Gasteiger partial charge in [0.25, 0.3) is 11.5 Å². The number of rotatable bonds is 4. The summed E-state index contributed by atoms with van der Waals surface area (Å²) < 4.78 is 2.54. The summed E-state index contributed by atoms with van der Waals surface area (Å²) in [5, 5.41) is 4.00. The van der Waals surface area contributed by atoms with E-state index in [-0.39, 0.29) is 11.1 Å². The van der Waals surface area contributed by atoms with E-state index in [0.717, 1.165) is 32.3 Å². The summed E-state index contributed by atoms with van der Waals surface area (Å²) in [5.41, 5.74) is 4.27. The molecule has 3 aromatic heterocycles. The molecule has 3 heterocycles. The largest absolute Gasteiger partial charge is 0.298 e. The molecule has 0 atom stereocenters. The molecule has 2 aromatic carbocycles. The zero-order valence-corrected chi connectivity index (χ0v) is 18.4. The van der Waals surface area contributed by atoms with Gasteiger partial charge in [0, 0.05) is 11.6 Å². The molecule has 0 bridgehead atoms. The van der Waals surface area contributed by atoms with Gasteiger partial charge in [0.1, 0.15) is 11.2 Å². The van der Waals surface area contributed by atoms with Gasteiger partial charge in [0.15, 0.2) is 5.13 Å². The van der Waals surface area contributed by atoms with Crippen molar-refractivity contribution in [3.63, 3.8) is 0 Å². The molecule has 0 saturated carbocycles. The second-order valence-corrected chi connectivity index (χ2v) is 8.83. The van der Waals surface area contributed by atoms with Crippen molar-refractivity contribution in [2.45, 2.75) is 20.4 Å². The highest BCUT2D eigenvalue weighted by molar-refractivity contribution is 7.22. The first-order chi connectivity index (χ1) is 15.5. The van der Waals surface area contributed by atoms with Crippen molar-refractivity contribution in [2.24, 2.45) is 0 Å². The van der Waals surface area contributed by atoms with E-state index in [1.54, 1.807) is 22.9 Å². The van der Waals surface area contributed by atoms with Gasteiger partial charge in [-0.05, 0) is 55.3 Å². The summed E-state index contributed by atoms with van der Waals surface area (Å²) in [6.45, 7) is 4.35. The van der Waals surface area contributed by atoms with Crippen LogP contribution >= 0.6 is 11.3 Å². The molecule has 6 nitrogen and oxygen atoms in total. The lowest BCUT2D eigenvalue weighted by Crippen LogP contribution is -2.30. The maximum atomic E-state index is 13.3. The number of carbonyl (C=O) groups is 1. The van der Waals surface area contributed by atoms with Crippen molar-refractivity contribution in [3.05, 3.63) is 99.5 Å². The average Bonchev–Trinajstić information content (AvgIpc) is 3.18. The number of hydrogen-bond acceptors (Lipinski definition) is 5. The van der Waals surface area contributed by atoms with E-state index in [2.05, 4.69) is 15.3 Å². The summed E-state index contributed by atoms with van der Waals surface area (Å²) in [6.07, 6.45) is 1.65. The fraction of sp³-hybridized carbons (Fsp3) is 0.120. The number of anilines is 1. The number of benzene rings is 2. The predicted octanol–water partition coefficient (Wildman–Crippen LogP) is 4.92. The molecule has 0 aliphatic rings. The molecule has 0 radical (unpaired) electrons. The molecule has 0 unspecified atom stereocenters. The van der Waals surface area contributed by atoms with Crippen molar-refractivity contribution in [2.75, 3.05) is 5.32 Å². The molecule has 1 amide bonds. The summed E-state index contributed by atoms with van der Waals surface area (Å²) in [6, 6.07) is 19.1. The quantitative estimate of drug-likeness (QED) is 0.430. The first-order valence-corrected chi connectivity index (χ1v) is 11.0. The molecule has 7 heteroatoms. The highest BCUT2D eigenvalue weighted by atomic mass is 32.1. The molecule has 0 aliphatic heterocycles. The number of nitrogens with zero attached hydrogens (tertiary/aromatic N) is 3. The third kappa shape index (κ3) is 3.78. The molecule has 5 aromatic rings. The topological polar surface area (TPSA) is 76.9 Å². The normalized spacial score (nSPS) is 11.2. The number of amides is 1. The summed E-state index contributed by atoms with van der Waals surface area (Å²) in [7, 11) is 0. The van der Waals surface area contributed by atoms with E-state index in [1.807, 2.05) is 62.4 Å². The van der Waals surface area contributed by atoms with Gasteiger partial charge in [-0.15, -0.1) is 0 Å². The average molecular weight is 441 g/mol. The SMILES string of the molecule is Cc1ccc(Cn2c(=O)c(C(=O)Nc3nc4ccc(C)cc4s3)cc3cccnc32)cc1. The molecular formula is C25H20N4O2S. The molecule has 0 aliphatic carbocycles. The van der Waals surface area contributed by atoms with E-state index in [1.165, 1.54) is 11.3 Å². The highest BCUT2D eigenvalue weighted by Crippen LogP contribution is 2.27. The van der Waals surface area contributed by atoms with Gasteiger partial charge < -0.3 is 0 Å². The Kier molecular flexibility index (Phi) is 5.03. The van der Waals surface area contributed by atoms with Crippen LogP contribution in [0, 0.1) is 13.8 Å². The fourth-order valence-electron chi connectivity index (χ4n) is 3.64. The number of pyridine rings is 2. The highest BCUT2D eigenvalue weighted by Gasteiger charge is 2.18. The summed E-state index contributed by atoms with van der Waals surface area (Å²) in [4.78, 5) is 35.3. The minimum Gasteiger partial charge on any atom is -0.298 e. The molecule has 32 heavy (non-hydrogen) atoms. The van der Waals surface area contributed by atoms with Crippen LogP contribution in [0.3, 0.4) is 0 Å². The van der Waals surface area contributed by atoms with Gasteiger partial charge in [0.2, 0.25) is 0 Å². The van der Waals surface area contributed by atoms with E-state index >= 15 is 0 Å².